The lowest BCUT2D eigenvalue weighted by Gasteiger charge is -2.35. The van der Waals surface area contributed by atoms with Gasteiger partial charge in [0.15, 0.2) is 10.6 Å². The Labute approximate surface area is 167 Å². The van der Waals surface area contributed by atoms with Crippen LogP contribution in [0.2, 0.25) is 0 Å². The van der Waals surface area contributed by atoms with E-state index in [0.717, 1.165) is 38.2 Å². The predicted octanol–water partition coefficient (Wildman–Crippen LogP) is 3.01. The fourth-order valence-electron chi connectivity index (χ4n) is 3.80. The molecule has 0 bridgehead atoms. The molecule has 8 heteroatoms. The van der Waals surface area contributed by atoms with Crippen LogP contribution >= 0.6 is 11.3 Å². The lowest BCUT2D eigenvalue weighted by atomic mass is 10.1. The molecule has 1 aromatic carbocycles. The van der Waals surface area contributed by atoms with Crippen molar-refractivity contribution < 1.29 is 4.39 Å². The van der Waals surface area contributed by atoms with Crippen LogP contribution in [0.1, 0.15) is 13.8 Å². The summed E-state index contributed by atoms with van der Waals surface area (Å²) >= 11 is 1.29. The molecule has 1 aliphatic rings. The van der Waals surface area contributed by atoms with E-state index in [0.29, 0.717) is 34.0 Å². The minimum atomic E-state index is -0.354. The Balaban J connectivity index is 1.83. The molecule has 0 unspecified atom stereocenters. The zero-order chi connectivity index (χ0) is 19.8. The number of nitrogens with zero attached hydrogens (tertiary/aromatic N) is 4. The number of nitrogens with two attached hydrogens (primary N) is 1. The molecule has 2 aromatic heterocycles. The molecule has 0 atom stereocenters. The summed E-state index contributed by atoms with van der Waals surface area (Å²) in [6, 6.07) is 3.20. The predicted molar refractivity (Wildman–Crippen MR) is 114 cm³/mol. The second-order valence-corrected chi connectivity index (χ2v) is 7.86. The molecule has 148 valence electrons. The molecule has 0 spiro atoms. The zero-order valence-corrected chi connectivity index (χ0v) is 16.9. The highest BCUT2D eigenvalue weighted by Gasteiger charge is 2.21. The number of hydrogen-bond donors (Lipinski definition) is 1. The minimum Gasteiger partial charge on any atom is -0.375 e. The lowest BCUT2D eigenvalue weighted by Crippen LogP contribution is -2.46. The van der Waals surface area contributed by atoms with Gasteiger partial charge in [-0.2, -0.15) is 0 Å². The number of hydrogen-bond acceptors (Lipinski definition) is 6. The van der Waals surface area contributed by atoms with E-state index in [1.54, 1.807) is 11.6 Å². The number of nitrogen functional groups attached to an aromatic ring is 1. The summed E-state index contributed by atoms with van der Waals surface area (Å²) in [5.41, 5.74) is 7.81. The molecule has 4 rings (SSSR count). The number of halogens is 1. The van der Waals surface area contributed by atoms with Crippen LogP contribution < -0.4 is 16.1 Å². The van der Waals surface area contributed by atoms with Gasteiger partial charge in [0.1, 0.15) is 5.82 Å². The number of aryl methyl sites for hydroxylation is 1. The summed E-state index contributed by atoms with van der Waals surface area (Å²) in [7, 11) is 0. The van der Waals surface area contributed by atoms with Gasteiger partial charge in [-0.1, -0.05) is 6.92 Å². The van der Waals surface area contributed by atoms with Crippen molar-refractivity contribution >= 4 is 33.1 Å². The van der Waals surface area contributed by atoms with Crippen molar-refractivity contribution in [2.75, 3.05) is 43.4 Å². The summed E-state index contributed by atoms with van der Waals surface area (Å²) in [6.07, 6.45) is 1.80. The zero-order valence-electron chi connectivity index (χ0n) is 16.1. The van der Waals surface area contributed by atoms with E-state index in [2.05, 4.69) is 21.7 Å². The largest absolute Gasteiger partial charge is 0.375 e. The Kier molecular flexibility index (Phi) is 5.07. The number of pyridine rings is 1. The van der Waals surface area contributed by atoms with Gasteiger partial charge < -0.3 is 20.1 Å². The van der Waals surface area contributed by atoms with E-state index >= 15 is 4.39 Å². The van der Waals surface area contributed by atoms with Crippen LogP contribution in [0.4, 0.5) is 15.2 Å². The molecule has 3 heterocycles. The number of benzene rings is 1. The van der Waals surface area contributed by atoms with Crippen LogP contribution in [0, 0.1) is 5.82 Å². The molecule has 1 aliphatic heterocycles. The average Bonchev–Trinajstić information content (AvgIpc) is 3.14. The van der Waals surface area contributed by atoms with Crippen LogP contribution in [-0.4, -0.2) is 47.2 Å². The monoisotopic (exact) mass is 401 g/mol. The number of aromatic nitrogens is 2. The lowest BCUT2D eigenvalue weighted by molar-refractivity contribution is 0.270. The average molecular weight is 402 g/mol. The van der Waals surface area contributed by atoms with Crippen molar-refractivity contribution in [3.05, 3.63) is 39.8 Å². The van der Waals surface area contributed by atoms with Crippen molar-refractivity contribution in [2.24, 2.45) is 0 Å². The van der Waals surface area contributed by atoms with Gasteiger partial charge in [-0.15, -0.1) is 11.3 Å². The molecule has 0 saturated carbocycles. The fraction of sp³-hybridized carbons (Fsp3) is 0.400. The maximum absolute atomic E-state index is 15.0. The quantitative estimate of drug-likeness (QED) is 0.728. The molecular weight excluding hydrogens is 377 g/mol. The Morgan fingerprint density at radius 3 is 2.54 bits per heavy atom. The third-order valence-electron chi connectivity index (χ3n) is 5.45. The van der Waals surface area contributed by atoms with Crippen LogP contribution in [0.25, 0.3) is 22.2 Å². The maximum Gasteiger partial charge on any atom is 0.198 e. The molecule has 2 N–H and O–H groups in total. The van der Waals surface area contributed by atoms with Crippen LogP contribution in [0.15, 0.2) is 28.5 Å². The first-order valence-electron chi connectivity index (χ1n) is 9.57. The van der Waals surface area contributed by atoms with Gasteiger partial charge in [-0.05, 0) is 25.6 Å². The number of piperazine rings is 1. The number of thiazole rings is 1. The SMILES string of the molecule is CCN1CCN(c2cc3c(cc2F)c(=O)c(-c2csc(N)n2)cn3CC)CC1. The van der Waals surface area contributed by atoms with Gasteiger partial charge >= 0.3 is 0 Å². The first-order valence-corrected chi connectivity index (χ1v) is 10.4. The fourth-order valence-corrected chi connectivity index (χ4v) is 4.37. The highest BCUT2D eigenvalue weighted by atomic mass is 32.1. The normalized spacial score (nSPS) is 15.5. The van der Waals surface area contributed by atoms with Crippen molar-refractivity contribution in [3.8, 4) is 11.3 Å². The van der Waals surface area contributed by atoms with Gasteiger partial charge in [-0.25, -0.2) is 9.37 Å². The number of rotatable bonds is 4. The highest BCUT2D eigenvalue weighted by molar-refractivity contribution is 7.13. The molecule has 0 radical (unpaired) electrons. The Morgan fingerprint density at radius 1 is 1.18 bits per heavy atom. The number of likely N-dealkylation sites (N-methyl/N-ethyl adjacent to an activating group) is 1. The molecule has 0 aliphatic carbocycles. The smallest absolute Gasteiger partial charge is 0.198 e. The summed E-state index contributed by atoms with van der Waals surface area (Å²) in [5, 5.41) is 2.54. The van der Waals surface area contributed by atoms with Gasteiger partial charge in [-0.3, -0.25) is 4.79 Å². The third-order valence-corrected chi connectivity index (χ3v) is 6.12. The van der Waals surface area contributed by atoms with Crippen molar-refractivity contribution in [2.45, 2.75) is 20.4 Å². The van der Waals surface area contributed by atoms with Gasteiger partial charge in [0, 0.05) is 49.7 Å². The molecule has 1 fully saturated rings. The molecule has 6 nitrogen and oxygen atoms in total. The second-order valence-electron chi connectivity index (χ2n) is 6.97. The van der Waals surface area contributed by atoms with E-state index in [9.17, 15) is 4.79 Å². The number of fused-ring (bicyclic) bond motifs is 1. The van der Waals surface area contributed by atoms with Crippen LogP contribution in [0.5, 0.6) is 0 Å². The van der Waals surface area contributed by atoms with E-state index in [1.165, 1.54) is 17.4 Å². The summed E-state index contributed by atoms with van der Waals surface area (Å²) in [6.45, 7) is 9.21. The molecule has 1 saturated heterocycles. The number of anilines is 2. The first-order chi connectivity index (χ1) is 13.5. The maximum atomic E-state index is 15.0. The summed E-state index contributed by atoms with van der Waals surface area (Å²) in [5.74, 6) is -0.354. The summed E-state index contributed by atoms with van der Waals surface area (Å²) in [4.78, 5) is 21.7. The molecule has 3 aromatic rings. The van der Waals surface area contributed by atoms with Gasteiger partial charge in [0.25, 0.3) is 0 Å². The topological polar surface area (TPSA) is 67.4 Å². The van der Waals surface area contributed by atoms with Crippen molar-refractivity contribution in [1.82, 2.24) is 14.5 Å². The minimum absolute atomic E-state index is 0.216. The molecule has 28 heavy (non-hydrogen) atoms. The summed E-state index contributed by atoms with van der Waals surface area (Å²) < 4.78 is 17.0. The first kappa shape index (κ1) is 18.9. The van der Waals surface area contributed by atoms with Gasteiger partial charge in [0.2, 0.25) is 0 Å². The van der Waals surface area contributed by atoms with E-state index in [-0.39, 0.29) is 11.2 Å². The van der Waals surface area contributed by atoms with Crippen LogP contribution in [0.3, 0.4) is 0 Å². The van der Waals surface area contributed by atoms with Crippen molar-refractivity contribution in [3.63, 3.8) is 0 Å². The highest BCUT2D eigenvalue weighted by Crippen LogP contribution is 2.28. The van der Waals surface area contributed by atoms with E-state index < -0.39 is 0 Å². The van der Waals surface area contributed by atoms with E-state index in [4.69, 9.17) is 5.73 Å². The standard InChI is InChI=1S/C20H24FN5OS/c1-3-24-5-7-26(8-6-24)18-10-17-13(9-15(18)21)19(27)14(11-25(17)4-2)16-12-28-20(22)23-16/h9-12H,3-8H2,1-2H3,(H2,22,23). The Bertz CT molecular complexity index is 1070. The van der Waals surface area contributed by atoms with E-state index in [1.807, 2.05) is 17.6 Å². The van der Waals surface area contributed by atoms with Crippen molar-refractivity contribution in [1.29, 1.82) is 0 Å². The Hall–Kier alpha value is -2.45. The Morgan fingerprint density at radius 2 is 1.93 bits per heavy atom. The third kappa shape index (κ3) is 3.27. The molecular formula is C20H24FN5OS. The second kappa shape index (κ2) is 7.52. The van der Waals surface area contributed by atoms with Gasteiger partial charge in [0.05, 0.1) is 22.5 Å². The van der Waals surface area contributed by atoms with Crippen LogP contribution in [-0.2, 0) is 6.54 Å². The molecule has 0 amide bonds.